The molecule has 100 valence electrons. The molecule has 2 heterocycles. The van der Waals surface area contributed by atoms with E-state index < -0.39 is 0 Å². The van der Waals surface area contributed by atoms with Gasteiger partial charge in [0.05, 0.1) is 0 Å². The third-order valence-electron chi connectivity index (χ3n) is 3.45. The maximum absolute atomic E-state index is 5.56. The Bertz CT molecular complexity index is 410. The molecule has 1 aromatic rings. The van der Waals surface area contributed by atoms with Gasteiger partial charge in [-0.15, -0.1) is 0 Å². The van der Waals surface area contributed by atoms with Gasteiger partial charge in [0.15, 0.2) is 0 Å². The van der Waals surface area contributed by atoms with Crippen molar-refractivity contribution in [2.45, 2.75) is 46.0 Å². The van der Waals surface area contributed by atoms with E-state index in [1.54, 1.807) is 0 Å². The molecule has 0 atom stereocenters. The minimum Gasteiger partial charge on any atom is -0.356 e. The van der Waals surface area contributed by atoms with Gasteiger partial charge in [-0.05, 0) is 26.2 Å². The largest absolute Gasteiger partial charge is 0.356 e. The molecule has 0 amide bonds. The van der Waals surface area contributed by atoms with Crippen molar-refractivity contribution in [3.05, 3.63) is 11.4 Å². The average Bonchev–Trinajstić information content (AvgIpc) is 2.39. The van der Waals surface area contributed by atoms with Crippen molar-refractivity contribution in [2.24, 2.45) is 5.84 Å². The number of piperidine rings is 1. The lowest BCUT2D eigenvalue weighted by atomic mass is 10.1. The minimum atomic E-state index is 0.307. The smallest absolute Gasteiger partial charge is 0.148 e. The predicted molar refractivity (Wildman–Crippen MR) is 74.7 cm³/mol. The average molecular weight is 249 g/mol. The van der Waals surface area contributed by atoms with Gasteiger partial charge in [0, 0.05) is 24.6 Å². The summed E-state index contributed by atoms with van der Waals surface area (Å²) in [5, 5.41) is 0. The Morgan fingerprint density at radius 2 is 1.83 bits per heavy atom. The van der Waals surface area contributed by atoms with Crippen LogP contribution in [0.4, 0.5) is 11.6 Å². The molecule has 1 aliphatic rings. The van der Waals surface area contributed by atoms with E-state index >= 15 is 0 Å². The molecule has 5 nitrogen and oxygen atoms in total. The summed E-state index contributed by atoms with van der Waals surface area (Å²) in [5.41, 5.74) is 3.74. The Morgan fingerprint density at radius 1 is 1.17 bits per heavy atom. The number of nitrogens with one attached hydrogen (secondary N) is 1. The van der Waals surface area contributed by atoms with Crippen LogP contribution in [0.5, 0.6) is 0 Å². The molecule has 1 aliphatic heterocycles. The second-order valence-electron chi connectivity index (χ2n) is 5.23. The van der Waals surface area contributed by atoms with Gasteiger partial charge in [-0.1, -0.05) is 13.8 Å². The molecule has 0 spiro atoms. The van der Waals surface area contributed by atoms with Crippen LogP contribution in [0.25, 0.3) is 0 Å². The van der Waals surface area contributed by atoms with Crippen molar-refractivity contribution in [3.63, 3.8) is 0 Å². The molecular weight excluding hydrogens is 226 g/mol. The van der Waals surface area contributed by atoms with E-state index in [4.69, 9.17) is 10.8 Å². The van der Waals surface area contributed by atoms with E-state index in [1.165, 1.54) is 19.3 Å². The van der Waals surface area contributed by atoms with Crippen LogP contribution in [0, 0.1) is 6.92 Å². The zero-order valence-corrected chi connectivity index (χ0v) is 11.5. The van der Waals surface area contributed by atoms with Crippen molar-refractivity contribution in [1.29, 1.82) is 0 Å². The quantitative estimate of drug-likeness (QED) is 0.635. The lowest BCUT2D eigenvalue weighted by molar-refractivity contribution is 0.570. The highest BCUT2D eigenvalue weighted by atomic mass is 15.3. The van der Waals surface area contributed by atoms with Crippen LogP contribution in [-0.2, 0) is 0 Å². The summed E-state index contributed by atoms with van der Waals surface area (Å²) in [6, 6.07) is 0. The number of hydrogen-bond acceptors (Lipinski definition) is 5. The number of nitrogen functional groups attached to an aromatic ring is 1. The molecule has 1 saturated heterocycles. The molecule has 2 rings (SSSR count). The monoisotopic (exact) mass is 249 g/mol. The first-order valence-corrected chi connectivity index (χ1v) is 6.73. The number of nitrogens with two attached hydrogens (primary N) is 1. The van der Waals surface area contributed by atoms with E-state index in [2.05, 4.69) is 29.2 Å². The van der Waals surface area contributed by atoms with Crippen LogP contribution < -0.4 is 16.2 Å². The molecule has 0 unspecified atom stereocenters. The van der Waals surface area contributed by atoms with E-state index in [0.29, 0.717) is 5.92 Å². The topological polar surface area (TPSA) is 67.1 Å². The van der Waals surface area contributed by atoms with Crippen LogP contribution in [0.1, 0.15) is 50.4 Å². The van der Waals surface area contributed by atoms with E-state index in [9.17, 15) is 0 Å². The first-order chi connectivity index (χ1) is 8.63. The summed E-state index contributed by atoms with van der Waals surface area (Å²) in [4.78, 5) is 11.5. The molecule has 3 N–H and O–H groups in total. The van der Waals surface area contributed by atoms with Crippen LogP contribution in [0.15, 0.2) is 0 Å². The molecule has 1 aromatic heterocycles. The Labute approximate surface area is 109 Å². The van der Waals surface area contributed by atoms with Gasteiger partial charge in [0.25, 0.3) is 0 Å². The molecular formula is C13H23N5. The molecule has 1 fully saturated rings. The number of anilines is 2. The van der Waals surface area contributed by atoms with Crippen LogP contribution >= 0.6 is 0 Å². The van der Waals surface area contributed by atoms with Crippen molar-refractivity contribution in [1.82, 2.24) is 9.97 Å². The lowest BCUT2D eigenvalue weighted by Crippen LogP contribution is -2.31. The molecule has 0 aromatic carbocycles. The van der Waals surface area contributed by atoms with Crippen molar-refractivity contribution in [3.8, 4) is 0 Å². The summed E-state index contributed by atoms with van der Waals surface area (Å²) in [7, 11) is 0. The van der Waals surface area contributed by atoms with E-state index in [-0.39, 0.29) is 0 Å². The van der Waals surface area contributed by atoms with Crippen LogP contribution in [0.3, 0.4) is 0 Å². The number of nitrogens with zero attached hydrogens (tertiary/aromatic N) is 3. The zero-order chi connectivity index (χ0) is 13.1. The summed E-state index contributed by atoms with van der Waals surface area (Å²) < 4.78 is 0. The Morgan fingerprint density at radius 3 is 2.39 bits per heavy atom. The predicted octanol–water partition coefficient (Wildman–Crippen LogP) is 2.18. The number of hydrazine groups is 1. The summed E-state index contributed by atoms with van der Waals surface area (Å²) in [5.74, 6) is 8.51. The summed E-state index contributed by atoms with van der Waals surface area (Å²) in [6.45, 7) is 8.40. The second-order valence-corrected chi connectivity index (χ2v) is 5.23. The van der Waals surface area contributed by atoms with Gasteiger partial charge in [-0.3, -0.25) is 0 Å². The number of rotatable bonds is 3. The van der Waals surface area contributed by atoms with Gasteiger partial charge in [0.1, 0.15) is 17.5 Å². The van der Waals surface area contributed by atoms with Gasteiger partial charge in [0.2, 0.25) is 0 Å². The van der Waals surface area contributed by atoms with Crippen LogP contribution in [0.2, 0.25) is 0 Å². The number of hydrogen-bond donors (Lipinski definition) is 2. The van der Waals surface area contributed by atoms with E-state index in [1.807, 2.05) is 6.92 Å². The maximum Gasteiger partial charge on any atom is 0.148 e. The highest BCUT2D eigenvalue weighted by Gasteiger charge is 2.19. The van der Waals surface area contributed by atoms with Crippen molar-refractivity contribution < 1.29 is 0 Å². The summed E-state index contributed by atoms with van der Waals surface area (Å²) >= 11 is 0. The third kappa shape index (κ3) is 2.56. The Balaban J connectivity index is 2.40. The normalized spacial score (nSPS) is 16.2. The van der Waals surface area contributed by atoms with Crippen molar-refractivity contribution >= 4 is 11.6 Å². The Hall–Kier alpha value is -1.36. The van der Waals surface area contributed by atoms with Gasteiger partial charge in [-0.25, -0.2) is 15.8 Å². The molecule has 0 aliphatic carbocycles. The van der Waals surface area contributed by atoms with Gasteiger partial charge >= 0.3 is 0 Å². The maximum atomic E-state index is 5.56. The highest BCUT2D eigenvalue weighted by molar-refractivity contribution is 5.58. The molecule has 5 heteroatoms. The van der Waals surface area contributed by atoms with Gasteiger partial charge < -0.3 is 10.3 Å². The molecule has 18 heavy (non-hydrogen) atoms. The first kappa shape index (κ1) is 13.1. The second kappa shape index (κ2) is 5.52. The first-order valence-electron chi connectivity index (χ1n) is 6.73. The fourth-order valence-electron chi connectivity index (χ4n) is 2.33. The SMILES string of the molecule is Cc1c(NN)nc(C(C)C)nc1N1CCCCC1. The highest BCUT2D eigenvalue weighted by Crippen LogP contribution is 2.27. The van der Waals surface area contributed by atoms with Gasteiger partial charge in [-0.2, -0.15) is 0 Å². The summed E-state index contributed by atoms with van der Waals surface area (Å²) in [6.07, 6.45) is 3.80. The third-order valence-corrected chi connectivity index (χ3v) is 3.45. The van der Waals surface area contributed by atoms with Crippen molar-refractivity contribution in [2.75, 3.05) is 23.4 Å². The van der Waals surface area contributed by atoms with Crippen LogP contribution in [-0.4, -0.2) is 23.1 Å². The molecule has 0 saturated carbocycles. The fraction of sp³-hybridized carbons (Fsp3) is 0.692. The minimum absolute atomic E-state index is 0.307. The molecule has 0 bridgehead atoms. The fourth-order valence-corrected chi connectivity index (χ4v) is 2.33. The standard InChI is InChI=1S/C13H23N5/c1-9(2)11-15-12(17-14)10(3)13(16-11)18-7-5-4-6-8-18/h9H,4-8,14H2,1-3H3,(H,15,16,17). The Kier molecular flexibility index (Phi) is 4.01. The molecule has 0 radical (unpaired) electrons. The zero-order valence-electron chi connectivity index (χ0n) is 11.5. The lowest BCUT2D eigenvalue weighted by Gasteiger charge is -2.30. The number of aromatic nitrogens is 2. The van der Waals surface area contributed by atoms with E-state index in [0.717, 1.165) is 36.1 Å².